The van der Waals surface area contributed by atoms with E-state index in [0.717, 1.165) is 52.3 Å². The first kappa shape index (κ1) is 13.5. The van der Waals surface area contributed by atoms with Crippen LogP contribution >= 0.6 is 0 Å². The summed E-state index contributed by atoms with van der Waals surface area (Å²) < 4.78 is 13.0. The van der Waals surface area contributed by atoms with Crippen LogP contribution in [0.25, 0.3) is 0 Å². The Morgan fingerprint density at radius 1 is 1.39 bits per heavy atom. The highest BCUT2D eigenvalue weighted by Gasteiger charge is 2.14. The Hall–Kier alpha value is -0.910. The number of nitrogens with zero attached hydrogens (tertiary/aromatic N) is 3. The summed E-state index contributed by atoms with van der Waals surface area (Å²) in [6, 6.07) is 1.96. The van der Waals surface area contributed by atoms with Crippen molar-refractivity contribution in [1.29, 1.82) is 0 Å². The van der Waals surface area contributed by atoms with Gasteiger partial charge in [-0.1, -0.05) is 0 Å². The third-order valence-electron chi connectivity index (χ3n) is 3.20. The molecule has 0 aliphatic carbocycles. The first-order valence-corrected chi connectivity index (χ1v) is 6.70. The van der Waals surface area contributed by atoms with Crippen LogP contribution in [0.1, 0.15) is 12.8 Å². The second kappa shape index (κ2) is 7.51. The molecule has 2 heterocycles. The van der Waals surface area contributed by atoms with Crippen LogP contribution in [-0.4, -0.2) is 60.7 Å². The summed E-state index contributed by atoms with van der Waals surface area (Å²) in [5.41, 5.74) is 0. The maximum Gasteiger partial charge on any atom is 0.0821 e. The molecule has 1 unspecified atom stereocenters. The number of aryl methyl sites for hydroxylation is 1. The number of hydrogen-bond acceptors (Lipinski definition) is 4. The number of rotatable bonds is 7. The molecule has 5 nitrogen and oxygen atoms in total. The third kappa shape index (κ3) is 4.76. The molecule has 0 N–H and O–H groups in total. The van der Waals surface area contributed by atoms with Crippen molar-refractivity contribution in [2.45, 2.75) is 25.5 Å². The Balaban J connectivity index is 1.53. The van der Waals surface area contributed by atoms with Gasteiger partial charge in [-0.25, -0.2) is 0 Å². The zero-order chi connectivity index (χ0) is 12.6. The average molecular weight is 253 g/mol. The summed E-state index contributed by atoms with van der Waals surface area (Å²) in [6.07, 6.45) is 6.29. The SMILES string of the molecule is CN(CCCn1cccn1)CCC1COCCO1. The molecule has 1 fully saturated rings. The minimum atomic E-state index is 0.285. The van der Waals surface area contributed by atoms with Gasteiger partial charge in [-0.2, -0.15) is 5.10 Å². The zero-order valence-corrected chi connectivity index (χ0v) is 11.1. The van der Waals surface area contributed by atoms with Crippen molar-refractivity contribution in [3.63, 3.8) is 0 Å². The van der Waals surface area contributed by atoms with Gasteiger partial charge < -0.3 is 14.4 Å². The number of aromatic nitrogens is 2. The van der Waals surface area contributed by atoms with Crippen LogP contribution < -0.4 is 0 Å². The van der Waals surface area contributed by atoms with Gasteiger partial charge in [-0.15, -0.1) is 0 Å². The zero-order valence-electron chi connectivity index (χ0n) is 11.1. The molecule has 0 aromatic carbocycles. The molecule has 0 bridgehead atoms. The first-order chi connectivity index (χ1) is 8.84. The highest BCUT2D eigenvalue weighted by molar-refractivity contribution is 4.77. The van der Waals surface area contributed by atoms with Crippen LogP contribution in [0.3, 0.4) is 0 Å². The fourth-order valence-corrected chi connectivity index (χ4v) is 2.11. The maximum atomic E-state index is 5.63. The Bertz CT molecular complexity index is 310. The summed E-state index contributed by atoms with van der Waals surface area (Å²) in [5, 5.41) is 4.19. The van der Waals surface area contributed by atoms with Gasteiger partial charge in [0, 0.05) is 25.5 Å². The van der Waals surface area contributed by atoms with E-state index in [1.54, 1.807) is 0 Å². The van der Waals surface area contributed by atoms with Crippen molar-refractivity contribution < 1.29 is 9.47 Å². The second-order valence-corrected chi connectivity index (χ2v) is 4.78. The van der Waals surface area contributed by atoms with Crippen molar-refractivity contribution in [2.75, 3.05) is 40.0 Å². The van der Waals surface area contributed by atoms with Crippen LogP contribution in [0.5, 0.6) is 0 Å². The predicted octanol–water partition coefficient (Wildman–Crippen LogP) is 1.01. The first-order valence-electron chi connectivity index (χ1n) is 6.70. The predicted molar refractivity (Wildman–Crippen MR) is 69.5 cm³/mol. The van der Waals surface area contributed by atoms with E-state index < -0.39 is 0 Å². The molecule has 0 radical (unpaired) electrons. The molecule has 18 heavy (non-hydrogen) atoms. The normalized spacial score (nSPS) is 20.4. The van der Waals surface area contributed by atoms with Crippen molar-refractivity contribution in [2.24, 2.45) is 0 Å². The van der Waals surface area contributed by atoms with Crippen molar-refractivity contribution in [1.82, 2.24) is 14.7 Å². The summed E-state index contributed by atoms with van der Waals surface area (Å²) in [5.74, 6) is 0. The lowest BCUT2D eigenvalue weighted by molar-refractivity contribution is -0.0922. The topological polar surface area (TPSA) is 39.5 Å². The molecule has 2 rings (SSSR count). The lowest BCUT2D eigenvalue weighted by atomic mass is 10.2. The van der Waals surface area contributed by atoms with Crippen LogP contribution in [0.2, 0.25) is 0 Å². The van der Waals surface area contributed by atoms with Gasteiger partial charge in [0.25, 0.3) is 0 Å². The van der Waals surface area contributed by atoms with E-state index in [1.165, 1.54) is 0 Å². The summed E-state index contributed by atoms with van der Waals surface area (Å²) in [4.78, 5) is 2.35. The summed E-state index contributed by atoms with van der Waals surface area (Å²) in [7, 11) is 2.16. The lowest BCUT2D eigenvalue weighted by Gasteiger charge is -2.25. The van der Waals surface area contributed by atoms with E-state index in [1.807, 2.05) is 23.1 Å². The molecule has 1 atom stereocenters. The Labute approximate surface area is 109 Å². The molecule has 0 saturated carbocycles. The Morgan fingerprint density at radius 2 is 2.33 bits per heavy atom. The number of ether oxygens (including phenoxy) is 2. The molecule has 1 aromatic rings. The summed E-state index contributed by atoms with van der Waals surface area (Å²) in [6.45, 7) is 5.38. The molecule has 0 spiro atoms. The second-order valence-electron chi connectivity index (χ2n) is 4.78. The molecule has 1 aromatic heterocycles. The van der Waals surface area contributed by atoms with Crippen molar-refractivity contribution >= 4 is 0 Å². The quantitative estimate of drug-likeness (QED) is 0.727. The fraction of sp³-hybridized carbons (Fsp3) is 0.769. The molecule has 1 saturated heterocycles. The Kier molecular flexibility index (Phi) is 5.64. The monoisotopic (exact) mass is 253 g/mol. The largest absolute Gasteiger partial charge is 0.376 e. The van der Waals surface area contributed by atoms with Gasteiger partial charge in [0.15, 0.2) is 0 Å². The standard InChI is InChI=1S/C13H23N3O2/c1-15(6-3-8-16-7-2-5-14-16)9-4-13-12-17-10-11-18-13/h2,5,7,13H,3-4,6,8-12H2,1H3. The number of hydrogen-bond donors (Lipinski definition) is 0. The van der Waals surface area contributed by atoms with E-state index in [0.29, 0.717) is 0 Å². The van der Waals surface area contributed by atoms with Crippen molar-refractivity contribution in [3.8, 4) is 0 Å². The molecular weight excluding hydrogens is 230 g/mol. The van der Waals surface area contributed by atoms with Gasteiger partial charge in [0.05, 0.1) is 25.9 Å². The van der Waals surface area contributed by atoms with Gasteiger partial charge in [0.2, 0.25) is 0 Å². The molecule has 102 valence electrons. The van der Waals surface area contributed by atoms with Gasteiger partial charge in [-0.05, 0) is 32.5 Å². The van der Waals surface area contributed by atoms with E-state index in [9.17, 15) is 0 Å². The molecule has 1 aliphatic rings. The molecule has 1 aliphatic heterocycles. The average Bonchev–Trinajstić information content (AvgIpc) is 2.91. The summed E-state index contributed by atoms with van der Waals surface area (Å²) >= 11 is 0. The van der Waals surface area contributed by atoms with E-state index in [4.69, 9.17) is 9.47 Å². The Morgan fingerprint density at radius 3 is 3.06 bits per heavy atom. The lowest BCUT2D eigenvalue weighted by Crippen LogP contribution is -2.32. The molecular formula is C13H23N3O2. The smallest absolute Gasteiger partial charge is 0.0821 e. The van der Waals surface area contributed by atoms with E-state index in [-0.39, 0.29) is 6.10 Å². The van der Waals surface area contributed by atoms with Crippen LogP contribution in [0.15, 0.2) is 18.5 Å². The van der Waals surface area contributed by atoms with Crippen LogP contribution in [-0.2, 0) is 16.0 Å². The highest BCUT2D eigenvalue weighted by Crippen LogP contribution is 2.06. The molecule has 0 amide bonds. The minimum absolute atomic E-state index is 0.285. The van der Waals surface area contributed by atoms with E-state index >= 15 is 0 Å². The van der Waals surface area contributed by atoms with Crippen molar-refractivity contribution in [3.05, 3.63) is 18.5 Å². The third-order valence-corrected chi connectivity index (χ3v) is 3.20. The van der Waals surface area contributed by atoms with Gasteiger partial charge in [-0.3, -0.25) is 4.68 Å². The maximum absolute atomic E-state index is 5.63. The molecule has 5 heteroatoms. The minimum Gasteiger partial charge on any atom is -0.376 e. The van der Waals surface area contributed by atoms with E-state index in [2.05, 4.69) is 17.0 Å². The van der Waals surface area contributed by atoms with Crippen LogP contribution in [0, 0.1) is 0 Å². The van der Waals surface area contributed by atoms with Gasteiger partial charge in [0.1, 0.15) is 0 Å². The highest BCUT2D eigenvalue weighted by atomic mass is 16.6. The van der Waals surface area contributed by atoms with Gasteiger partial charge >= 0.3 is 0 Å². The fourth-order valence-electron chi connectivity index (χ4n) is 2.11. The van der Waals surface area contributed by atoms with Crippen LogP contribution in [0.4, 0.5) is 0 Å².